The minimum Gasteiger partial charge on any atom is -0.271 e. The second-order valence-electron chi connectivity index (χ2n) is 2.76. The van der Waals surface area contributed by atoms with Crippen molar-refractivity contribution in [1.29, 1.82) is 0 Å². The Morgan fingerprint density at radius 1 is 1.73 bits per heavy atom. The average molecular weight is 154 g/mol. The van der Waals surface area contributed by atoms with Gasteiger partial charge in [-0.3, -0.25) is 16.0 Å². The largest absolute Gasteiger partial charge is 0.271 e. The van der Waals surface area contributed by atoms with Crippen LogP contribution in [0.2, 0.25) is 0 Å². The van der Waals surface area contributed by atoms with Gasteiger partial charge in [0.15, 0.2) is 0 Å². The normalized spacial score (nSPS) is 10.9. The van der Waals surface area contributed by atoms with Crippen molar-refractivity contribution < 1.29 is 0 Å². The first-order valence-corrected chi connectivity index (χ1v) is 3.71. The standard InChI is InChI=1S/C7H14N4/c1-6(2)11-4-3-7(10-11)5-9-8/h3-4,6,9H,5,8H2,1-2H3. The van der Waals surface area contributed by atoms with Gasteiger partial charge in [-0.25, -0.2) is 0 Å². The highest BCUT2D eigenvalue weighted by Crippen LogP contribution is 2.03. The molecule has 0 aliphatic carbocycles. The van der Waals surface area contributed by atoms with Crippen LogP contribution in [0.25, 0.3) is 0 Å². The number of aromatic nitrogens is 2. The van der Waals surface area contributed by atoms with Gasteiger partial charge in [0.1, 0.15) is 0 Å². The van der Waals surface area contributed by atoms with E-state index < -0.39 is 0 Å². The van der Waals surface area contributed by atoms with E-state index in [4.69, 9.17) is 5.84 Å². The summed E-state index contributed by atoms with van der Waals surface area (Å²) in [6.45, 7) is 4.80. The van der Waals surface area contributed by atoms with Gasteiger partial charge in [-0.1, -0.05) is 0 Å². The smallest absolute Gasteiger partial charge is 0.0776 e. The fourth-order valence-corrected chi connectivity index (χ4v) is 0.864. The topological polar surface area (TPSA) is 55.9 Å². The van der Waals surface area contributed by atoms with Gasteiger partial charge in [0.2, 0.25) is 0 Å². The molecule has 0 spiro atoms. The molecule has 0 amide bonds. The molecule has 0 radical (unpaired) electrons. The van der Waals surface area contributed by atoms with E-state index in [1.807, 2.05) is 16.9 Å². The molecule has 11 heavy (non-hydrogen) atoms. The average Bonchev–Trinajstić information content (AvgIpc) is 2.37. The Balaban J connectivity index is 2.66. The fraction of sp³-hybridized carbons (Fsp3) is 0.571. The van der Waals surface area contributed by atoms with Crippen molar-refractivity contribution in [3.8, 4) is 0 Å². The van der Waals surface area contributed by atoms with Crippen molar-refractivity contribution in [2.45, 2.75) is 26.4 Å². The zero-order valence-corrected chi connectivity index (χ0v) is 6.91. The van der Waals surface area contributed by atoms with Gasteiger partial charge >= 0.3 is 0 Å². The summed E-state index contributed by atoms with van der Waals surface area (Å²) in [7, 11) is 0. The molecule has 0 bridgehead atoms. The summed E-state index contributed by atoms with van der Waals surface area (Å²) in [5, 5.41) is 4.27. The highest BCUT2D eigenvalue weighted by Gasteiger charge is 1.99. The molecule has 0 saturated heterocycles. The second kappa shape index (κ2) is 3.50. The third-order valence-electron chi connectivity index (χ3n) is 1.48. The fourth-order valence-electron chi connectivity index (χ4n) is 0.864. The molecule has 0 aliphatic heterocycles. The minimum atomic E-state index is 0.418. The number of hydrazine groups is 1. The molecule has 0 saturated carbocycles. The maximum Gasteiger partial charge on any atom is 0.0776 e. The Morgan fingerprint density at radius 2 is 2.45 bits per heavy atom. The molecule has 0 unspecified atom stereocenters. The van der Waals surface area contributed by atoms with E-state index in [1.54, 1.807) is 0 Å². The van der Waals surface area contributed by atoms with E-state index in [2.05, 4.69) is 24.4 Å². The van der Waals surface area contributed by atoms with Crippen molar-refractivity contribution in [3.05, 3.63) is 18.0 Å². The van der Waals surface area contributed by atoms with Crippen molar-refractivity contribution in [1.82, 2.24) is 15.2 Å². The lowest BCUT2D eigenvalue weighted by Crippen LogP contribution is -2.21. The number of rotatable bonds is 3. The Hall–Kier alpha value is -0.870. The van der Waals surface area contributed by atoms with Crippen molar-refractivity contribution in [2.24, 2.45) is 5.84 Å². The van der Waals surface area contributed by atoms with Crippen LogP contribution in [0.1, 0.15) is 25.6 Å². The van der Waals surface area contributed by atoms with Crippen molar-refractivity contribution in [3.63, 3.8) is 0 Å². The third kappa shape index (κ3) is 2.03. The Morgan fingerprint density at radius 3 is 2.91 bits per heavy atom. The van der Waals surface area contributed by atoms with E-state index in [0.717, 1.165) is 5.69 Å². The Labute approximate surface area is 66.4 Å². The summed E-state index contributed by atoms with van der Waals surface area (Å²) < 4.78 is 1.91. The van der Waals surface area contributed by atoms with Crippen LogP contribution in [0.4, 0.5) is 0 Å². The first kappa shape index (κ1) is 8.23. The van der Waals surface area contributed by atoms with Gasteiger partial charge in [-0.15, -0.1) is 0 Å². The molecule has 1 rings (SSSR count). The van der Waals surface area contributed by atoms with E-state index in [9.17, 15) is 0 Å². The molecule has 1 aromatic heterocycles. The quantitative estimate of drug-likeness (QED) is 0.490. The molecule has 0 atom stereocenters. The summed E-state index contributed by atoms with van der Waals surface area (Å²) in [5.41, 5.74) is 3.53. The molecule has 1 aromatic rings. The highest BCUT2D eigenvalue weighted by molar-refractivity contribution is 4.98. The molecule has 0 fully saturated rings. The van der Waals surface area contributed by atoms with Crippen LogP contribution in [-0.4, -0.2) is 9.78 Å². The van der Waals surface area contributed by atoms with E-state index in [1.165, 1.54) is 0 Å². The molecule has 0 aliphatic rings. The lowest BCUT2D eigenvalue weighted by Gasteiger charge is -2.03. The van der Waals surface area contributed by atoms with Crippen LogP contribution in [0.3, 0.4) is 0 Å². The molecular weight excluding hydrogens is 140 g/mol. The van der Waals surface area contributed by atoms with Gasteiger partial charge in [0.05, 0.1) is 12.2 Å². The zero-order valence-electron chi connectivity index (χ0n) is 6.91. The SMILES string of the molecule is CC(C)n1ccc(CNN)n1. The van der Waals surface area contributed by atoms with Crippen molar-refractivity contribution in [2.75, 3.05) is 0 Å². The number of hydrogen-bond donors (Lipinski definition) is 2. The number of nitrogens with zero attached hydrogens (tertiary/aromatic N) is 2. The summed E-state index contributed by atoms with van der Waals surface area (Å²) in [6, 6.07) is 2.38. The minimum absolute atomic E-state index is 0.418. The van der Waals surface area contributed by atoms with Crippen LogP contribution in [0.5, 0.6) is 0 Å². The molecule has 4 heteroatoms. The number of nitrogens with one attached hydrogen (secondary N) is 1. The molecular formula is C7H14N4. The maximum atomic E-state index is 5.15. The maximum absolute atomic E-state index is 5.15. The lowest BCUT2D eigenvalue weighted by molar-refractivity contribution is 0.522. The monoisotopic (exact) mass is 154 g/mol. The second-order valence-corrected chi connectivity index (χ2v) is 2.76. The van der Waals surface area contributed by atoms with Crippen LogP contribution in [-0.2, 0) is 6.54 Å². The number of hydrogen-bond acceptors (Lipinski definition) is 3. The summed E-state index contributed by atoms with van der Waals surface area (Å²) in [4.78, 5) is 0. The highest BCUT2D eigenvalue weighted by atomic mass is 15.3. The molecule has 3 N–H and O–H groups in total. The Bertz CT molecular complexity index is 216. The van der Waals surface area contributed by atoms with Gasteiger partial charge in [-0.05, 0) is 19.9 Å². The molecule has 4 nitrogen and oxygen atoms in total. The molecule has 0 aromatic carbocycles. The summed E-state index contributed by atoms with van der Waals surface area (Å²) in [5.74, 6) is 5.15. The van der Waals surface area contributed by atoms with Crippen LogP contribution in [0, 0.1) is 0 Å². The zero-order chi connectivity index (χ0) is 8.27. The van der Waals surface area contributed by atoms with Gasteiger partial charge in [-0.2, -0.15) is 5.10 Å². The predicted molar refractivity (Wildman–Crippen MR) is 43.6 cm³/mol. The molecule has 1 heterocycles. The third-order valence-corrected chi connectivity index (χ3v) is 1.48. The van der Waals surface area contributed by atoms with Gasteiger partial charge in [0, 0.05) is 12.2 Å². The summed E-state index contributed by atoms with van der Waals surface area (Å²) in [6.07, 6.45) is 1.96. The predicted octanol–water partition coefficient (Wildman–Crippen LogP) is 0.427. The van der Waals surface area contributed by atoms with Gasteiger partial charge in [0.25, 0.3) is 0 Å². The van der Waals surface area contributed by atoms with E-state index >= 15 is 0 Å². The van der Waals surface area contributed by atoms with Gasteiger partial charge < -0.3 is 0 Å². The van der Waals surface area contributed by atoms with E-state index in [0.29, 0.717) is 12.6 Å². The first-order chi connectivity index (χ1) is 5.24. The van der Waals surface area contributed by atoms with Crippen LogP contribution >= 0.6 is 0 Å². The van der Waals surface area contributed by atoms with Crippen LogP contribution < -0.4 is 11.3 Å². The van der Waals surface area contributed by atoms with Crippen molar-refractivity contribution >= 4 is 0 Å². The van der Waals surface area contributed by atoms with Crippen LogP contribution in [0.15, 0.2) is 12.3 Å². The number of nitrogens with two attached hydrogens (primary N) is 1. The summed E-state index contributed by atoms with van der Waals surface area (Å²) >= 11 is 0. The Kier molecular flexibility index (Phi) is 2.62. The van der Waals surface area contributed by atoms with E-state index in [-0.39, 0.29) is 0 Å². The molecule has 62 valence electrons. The lowest BCUT2D eigenvalue weighted by atomic mass is 10.4. The first-order valence-electron chi connectivity index (χ1n) is 3.71.